The fraction of sp³-hybridized carbons (Fsp3) is 0.278. The van der Waals surface area contributed by atoms with Crippen LogP contribution in [0.2, 0.25) is 0 Å². The Morgan fingerprint density at radius 1 is 1.19 bits per heavy atom. The normalized spacial score (nSPS) is 10.7. The largest absolute Gasteiger partial charge is 0.461 e. The second-order valence-electron chi connectivity index (χ2n) is 5.78. The van der Waals surface area contributed by atoms with E-state index in [-0.39, 0.29) is 18.9 Å². The molecule has 0 saturated heterocycles. The van der Waals surface area contributed by atoms with E-state index in [2.05, 4.69) is 20.4 Å². The van der Waals surface area contributed by atoms with Crippen LogP contribution >= 0.6 is 0 Å². The van der Waals surface area contributed by atoms with E-state index in [1.165, 1.54) is 4.80 Å². The monoisotopic (exact) mass is 353 g/mol. The maximum absolute atomic E-state index is 12.7. The minimum absolute atomic E-state index is 0.0678. The van der Waals surface area contributed by atoms with E-state index in [0.717, 1.165) is 5.56 Å². The van der Waals surface area contributed by atoms with Crippen molar-refractivity contribution in [3.63, 3.8) is 0 Å². The summed E-state index contributed by atoms with van der Waals surface area (Å²) in [5.74, 6) is -0.227. The third-order valence-corrected chi connectivity index (χ3v) is 3.97. The Morgan fingerprint density at radius 2 is 1.92 bits per heavy atom. The van der Waals surface area contributed by atoms with Gasteiger partial charge in [0.2, 0.25) is 5.82 Å². The van der Waals surface area contributed by atoms with Gasteiger partial charge in [0.05, 0.1) is 6.61 Å². The highest BCUT2D eigenvalue weighted by Gasteiger charge is 2.23. The number of hydrogen-bond acceptors (Lipinski definition) is 6. The number of nitrogens with zero attached hydrogens (tertiary/aromatic N) is 4. The van der Waals surface area contributed by atoms with E-state index in [9.17, 15) is 9.59 Å². The number of ketones is 1. The quantitative estimate of drug-likeness (QED) is 0.539. The zero-order valence-electron chi connectivity index (χ0n) is 14.8. The van der Waals surface area contributed by atoms with Gasteiger partial charge in [-0.25, -0.2) is 4.79 Å². The van der Waals surface area contributed by atoms with Gasteiger partial charge >= 0.3 is 5.97 Å². The highest BCUT2D eigenvalue weighted by atomic mass is 16.5. The lowest BCUT2D eigenvalue weighted by molar-refractivity contribution is 0.0519. The lowest BCUT2D eigenvalue weighted by Gasteiger charge is -2.02. The maximum atomic E-state index is 12.7. The van der Waals surface area contributed by atoms with Crippen LogP contribution in [0.25, 0.3) is 11.4 Å². The Balaban J connectivity index is 1.81. The maximum Gasteiger partial charge on any atom is 0.355 e. The van der Waals surface area contributed by atoms with Gasteiger partial charge in [0.1, 0.15) is 12.2 Å². The van der Waals surface area contributed by atoms with E-state index in [4.69, 9.17) is 4.74 Å². The summed E-state index contributed by atoms with van der Waals surface area (Å²) in [7, 11) is 0. The molecule has 26 heavy (non-hydrogen) atoms. The summed E-state index contributed by atoms with van der Waals surface area (Å²) < 4.78 is 5.01. The number of esters is 1. The van der Waals surface area contributed by atoms with Gasteiger partial charge in [-0.05, 0) is 31.5 Å². The number of H-pyrrole nitrogens is 1. The fourth-order valence-corrected chi connectivity index (χ4v) is 2.80. The number of Topliss-reactive ketones (excluding diaryl/α,β-unsaturated/α-hetero) is 1. The van der Waals surface area contributed by atoms with Crippen LogP contribution < -0.4 is 0 Å². The van der Waals surface area contributed by atoms with Crippen molar-refractivity contribution in [2.24, 2.45) is 0 Å². The predicted octanol–water partition coefficient (Wildman–Crippen LogP) is 2.34. The molecule has 8 heteroatoms. The van der Waals surface area contributed by atoms with Gasteiger partial charge in [-0.15, -0.1) is 10.2 Å². The van der Waals surface area contributed by atoms with Gasteiger partial charge in [-0.2, -0.15) is 4.80 Å². The van der Waals surface area contributed by atoms with Crippen molar-refractivity contribution < 1.29 is 14.3 Å². The second kappa shape index (κ2) is 7.30. The molecule has 2 aromatic heterocycles. The van der Waals surface area contributed by atoms with E-state index in [0.29, 0.717) is 28.3 Å². The third kappa shape index (κ3) is 3.39. The smallest absolute Gasteiger partial charge is 0.355 e. The molecule has 1 aromatic carbocycles. The first-order valence-electron chi connectivity index (χ1n) is 8.24. The summed E-state index contributed by atoms with van der Waals surface area (Å²) in [5, 5.41) is 12.2. The van der Waals surface area contributed by atoms with Crippen molar-refractivity contribution in [1.29, 1.82) is 0 Å². The number of tetrazole rings is 1. The molecule has 3 aromatic rings. The molecule has 0 saturated carbocycles. The number of hydrogen-bond donors (Lipinski definition) is 1. The van der Waals surface area contributed by atoms with E-state index < -0.39 is 5.97 Å². The summed E-state index contributed by atoms with van der Waals surface area (Å²) in [6.45, 7) is 5.39. The molecule has 0 unspecified atom stereocenters. The van der Waals surface area contributed by atoms with Crippen LogP contribution in [0.3, 0.4) is 0 Å². The van der Waals surface area contributed by atoms with Crippen molar-refractivity contribution in [2.75, 3.05) is 6.61 Å². The van der Waals surface area contributed by atoms with Crippen LogP contribution in [0, 0.1) is 13.8 Å². The summed E-state index contributed by atoms with van der Waals surface area (Å²) in [6, 6.07) is 9.40. The Labute approximate surface area is 150 Å². The predicted molar refractivity (Wildman–Crippen MR) is 93.8 cm³/mol. The zero-order chi connectivity index (χ0) is 18.7. The number of nitrogens with one attached hydrogen (secondary N) is 1. The lowest BCUT2D eigenvalue weighted by atomic mass is 10.1. The molecule has 0 fully saturated rings. The van der Waals surface area contributed by atoms with Crippen LogP contribution in [0.4, 0.5) is 0 Å². The average molecular weight is 353 g/mol. The topological polar surface area (TPSA) is 103 Å². The zero-order valence-corrected chi connectivity index (χ0v) is 14.8. The lowest BCUT2D eigenvalue weighted by Crippen LogP contribution is -2.15. The van der Waals surface area contributed by atoms with Crippen molar-refractivity contribution in [3.8, 4) is 11.4 Å². The Kier molecular flexibility index (Phi) is 4.92. The van der Waals surface area contributed by atoms with Gasteiger partial charge in [-0.3, -0.25) is 4.79 Å². The average Bonchev–Trinajstić information content (AvgIpc) is 3.20. The van der Waals surface area contributed by atoms with Crippen molar-refractivity contribution in [1.82, 2.24) is 25.2 Å². The van der Waals surface area contributed by atoms with Gasteiger partial charge in [-0.1, -0.05) is 30.3 Å². The highest BCUT2D eigenvalue weighted by Crippen LogP contribution is 2.20. The molecule has 0 atom stereocenters. The van der Waals surface area contributed by atoms with Crippen molar-refractivity contribution in [3.05, 3.63) is 52.8 Å². The van der Waals surface area contributed by atoms with Crippen LogP contribution in [0.15, 0.2) is 30.3 Å². The molecule has 1 N–H and O–H groups in total. The minimum atomic E-state index is -0.475. The minimum Gasteiger partial charge on any atom is -0.461 e. The molecule has 0 aliphatic rings. The van der Waals surface area contributed by atoms with Crippen LogP contribution in [-0.4, -0.2) is 43.6 Å². The second-order valence-corrected chi connectivity index (χ2v) is 5.78. The van der Waals surface area contributed by atoms with Crippen LogP contribution in [0.5, 0.6) is 0 Å². The molecular formula is C18H19N5O3. The molecule has 3 rings (SSSR count). The first kappa shape index (κ1) is 17.5. The number of benzene rings is 1. The molecule has 8 nitrogen and oxygen atoms in total. The molecule has 0 spiro atoms. The van der Waals surface area contributed by atoms with Crippen molar-refractivity contribution >= 4 is 11.8 Å². The summed E-state index contributed by atoms with van der Waals surface area (Å²) in [6.07, 6.45) is 0. The number of aryl methyl sites for hydroxylation is 1. The van der Waals surface area contributed by atoms with Crippen LogP contribution in [-0.2, 0) is 11.3 Å². The summed E-state index contributed by atoms with van der Waals surface area (Å²) >= 11 is 0. The Morgan fingerprint density at radius 3 is 2.62 bits per heavy atom. The molecule has 2 heterocycles. The van der Waals surface area contributed by atoms with Gasteiger partial charge in [0, 0.05) is 16.8 Å². The van der Waals surface area contributed by atoms with E-state index >= 15 is 0 Å². The third-order valence-electron chi connectivity index (χ3n) is 3.97. The molecule has 0 radical (unpaired) electrons. The standard InChI is InChI=1S/C18H19N5O3/c1-4-26-18(25)16-11(2)15(12(3)19-16)14(24)10-23-21-17(20-22-23)13-8-6-5-7-9-13/h5-9,19H,4,10H2,1-3H3. The number of carbonyl (C=O) groups is 2. The van der Waals surface area contributed by atoms with Crippen LogP contribution in [0.1, 0.15) is 39.0 Å². The molecule has 0 bridgehead atoms. The molecule has 0 amide bonds. The highest BCUT2D eigenvalue weighted by molar-refractivity contribution is 6.02. The first-order chi connectivity index (χ1) is 12.5. The molecule has 134 valence electrons. The summed E-state index contributed by atoms with van der Waals surface area (Å²) in [5.41, 5.74) is 2.74. The van der Waals surface area contributed by atoms with Gasteiger partial charge < -0.3 is 9.72 Å². The van der Waals surface area contributed by atoms with Gasteiger partial charge in [0.25, 0.3) is 0 Å². The van der Waals surface area contributed by atoms with E-state index in [1.54, 1.807) is 20.8 Å². The number of carbonyl (C=O) groups excluding carboxylic acids is 2. The molecule has 0 aliphatic carbocycles. The van der Waals surface area contributed by atoms with Gasteiger partial charge in [0.15, 0.2) is 5.78 Å². The number of aromatic amines is 1. The Hall–Kier alpha value is -3.29. The number of aromatic nitrogens is 5. The summed E-state index contributed by atoms with van der Waals surface area (Å²) in [4.78, 5) is 28.8. The molecule has 0 aliphatic heterocycles. The van der Waals surface area contributed by atoms with Crippen molar-refractivity contribution in [2.45, 2.75) is 27.3 Å². The number of ether oxygens (including phenoxy) is 1. The Bertz CT molecular complexity index is 943. The first-order valence-corrected chi connectivity index (χ1v) is 8.24. The SMILES string of the molecule is CCOC(=O)c1[nH]c(C)c(C(=O)Cn2nnc(-c3ccccc3)n2)c1C. The van der Waals surface area contributed by atoms with E-state index in [1.807, 2.05) is 30.3 Å². The fourth-order valence-electron chi connectivity index (χ4n) is 2.80. The molecular weight excluding hydrogens is 334 g/mol. The number of rotatable bonds is 6.